The van der Waals surface area contributed by atoms with E-state index >= 15 is 0 Å². The Hall–Kier alpha value is -1.36. The summed E-state index contributed by atoms with van der Waals surface area (Å²) in [6.45, 7) is 1.26. The second-order valence-electron chi connectivity index (χ2n) is 4.87. The Kier molecular flexibility index (Phi) is 2.66. The fraction of sp³-hybridized carbons (Fsp3) is 0.462. The van der Waals surface area contributed by atoms with Gasteiger partial charge in [0.2, 0.25) is 0 Å². The zero-order chi connectivity index (χ0) is 12.8. The number of nitrogens with zero attached hydrogens (tertiary/aromatic N) is 2. The van der Waals surface area contributed by atoms with Gasteiger partial charge in [-0.3, -0.25) is 0 Å². The largest absolute Gasteiger partial charge is 0.465 e. The highest BCUT2D eigenvalue weighted by Crippen LogP contribution is 2.55. The van der Waals surface area contributed by atoms with Gasteiger partial charge < -0.3 is 14.3 Å². The fourth-order valence-corrected chi connectivity index (χ4v) is 4.33. The van der Waals surface area contributed by atoms with Gasteiger partial charge in [-0.05, 0) is 36.4 Å². The molecule has 1 spiro atoms. The van der Waals surface area contributed by atoms with Crippen molar-refractivity contribution in [3.63, 3.8) is 0 Å². The van der Waals surface area contributed by atoms with Gasteiger partial charge in [0, 0.05) is 20.1 Å². The topological polar surface area (TPSA) is 43.8 Å². The Balaban J connectivity index is 1.89. The number of benzene rings is 1. The number of anilines is 1. The molecule has 18 heavy (non-hydrogen) atoms. The Morgan fingerprint density at radius 1 is 1.33 bits per heavy atom. The third-order valence-corrected chi connectivity index (χ3v) is 5.34. The average molecular weight is 264 g/mol. The highest BCUT2D eigenvalue weighted by Gasteiger charge is 2.45. The summed E-state index contributed by atoms with van der Waals surface area (Å²) in [6.07, 6.45) is 0.992. The van der Waals surface area contributed by atoms with Crippen molar-refractivity contribution in [1.82, 2.24) is 4.90 Å². The predicted octanol–water partition coefficient (Wildman–Crippen LogP) is 2.75. The van der Waals surface area contributed by atoms with Gasteiger partial charge in [0.1, 0.15) is 0 Å². The molecule has 0 aliphatic carbocycles. The molecule has 0 saturated carbocycles. The van der Waals surface area contributed by atoms with Crippen LogP contribution in [0.1, 0.15) is 18.4 Å². The lowest BCUT2D eigenvalue weighted by atomic mass is 9.87. The zero-order valence-electron chi connectivity index (χ0n) is 10.3. The lowest BCUT2D eigenvalue weighted by Crippen LogP contribution is -2.42. The summed E-state index contributed by atoms with van der Waals surface area (Å²) in [6, 6.07) is 8.45. The van der Waals surface area contributed by atoms with Gasteiger partial charge in [-0.25, -0.2) is 4.79 Å². The van der Waals surface area contributed by atoms with Crippen molar-refractivity contribution in [3.05, 3.63) is 29.8 Å². The molecule has 0 radical (unpaired) electrons. The Morgan fingerprint density at radius 3 is 2.67 bits per heavy atom. The maximum absolute atomic E-state index is 11.0. The summed E-state index contributed by atoms with van der Waals surface area (Å²) < 4.78 is 2.29. The van der Waals surface area contributed by atoms with Crippen LogP contribution in [0, 0.1) is 0 Å². The molecule has 0 bridgehead atoms. The molecule has 2 heterocycles. The SMILES string of the molecule is CN1SC2(CCN(C(=O)O)CC2)c2ccccc21. The first-order valence-corrected chi connectivity index (χ1v) is 6.90. The van der Waals surface area contributed by atoms with E-state index in [2.05, 4.69) is 35.6 Å². The van der Waals surface area contributed by atoms with Crippen molar-refractivity contribution in [1.29, 1.82) is 0 Å². The van der Waals surface area contributed by atoms with Gasteiger partial charge in [0.25, 0.3) is 0 Å². The molecule has 0 aromatic heterocycles. The summed E-state index contributed by atoms with van der Waals surface area (Å²) in [4.78, 5) is 12.5. The van der Waals surface area contributed by atoms with Gasteiger partial charge in [-0.1, -0.05) is 18.2 Å². The van der Waals surface area contributed by atoms with Gasteiger partial charge >= 0.3 is 6.09 Å². The molecule has 0 unspecified atom stereocenters. The molecule has 1 fully saturated rings. The number of rotatable bonds is 0. The minimum atomic E-state index is -0.797. The van der Waals surface area contributed by atoms with Crippen LogP contribution in [0.4, 0.5) is 10.5 Å². The minimum Gasteiger partial charge on any atom is -0.465 e. The third-order valence-electron chi connectivity index (χ3n) is 3.89. The van der Waals surface area contributed by atoms with E-state index < -0.39 is 6.09 Å². The molecule has 1 saturated heterocycles. The Bertz CT molecular complexity index is 484. The van der Waals surface area contributed by atoms with Crippen molar-refractivity contribution >= 4 is 23.7 Å². The molecule has 2 aliphatic heterocycles. The molecule has 4 nitrogen and oxygen atoms in total. The van der Waals surface area contributed by atoms with Crippen LogP contribution in [-0.2, 0) is 4.75 Å². The lowest BCUT2D eigenvalue weighted by Gasteiger charge is -2.37. The molecule has 1 aromatic carbocycles. The van der Waals surface area contributed by atoms with Crippen LogP contribution >= 0.6 is 11.9 Å². The maximum Gasteiger partial charge on any atom is 0.407 e. The molecular weight excluding hydrogens is 248 g/mol. The summed E-state index contributed by atoms with van der Waals surface area (Å²) >= 11 is 1.85. The Morgan fingerprint density at radius 2 is 2.00 bits per heavy atom. The van der Waals surface area contributed by atoms with Crippen LogP contribution in [0.5, 0.6) is 0 Å². The normalized spacial score (nSPS) is 21.2. The quantitative estimate of drug-likeness (QED) is 0.732. The standard InChI is InChI=1S/C13H16N2O2S/c1-14-11-5-3-2-4-10(11)13(18-14)6-8-15(9-7-13)12(16)17/h2-5H,6-9H2,1H3,(H,16,17). The first kappa shape index (κ1) is 11.7. The molecule has 96 valence electrons. The average Bonchev–Trinajstić information content (AvgIpc) is 2.64. The van der Waals surface area contributed by atoms with Gasteiger partial charge in [-0.2, -0.15) is 0 Å². The van der Waals surface area contributed by atoms with Crippen LogP contribution in [-0.4, -0.2) is 36.2 Å². The number of hydrogen-bond donors (Lipinski definition) is 1. The van der Waals surface area contributed by atoms with E-state index in [0.717, 1.165) is 12.8 Å². The summed E-state index contributed by atoms with van der Waals surface area (Å²) in [5.41, 5.74) is 2.63. The molecule has 1 aromatic rings. The van der Waals surface area contributed by atoms with E-state index in [1.165, 1.54) is 16.2 Å². The van der Waals surface area contributed by atoms with E-state index in [9.17, 15) is 4.79 Å². The van der Waals surface area contributed by atoms with Gasteiger partial charge in [-0.15, -0.1) is 0 Å². The smallest absolute Gasteiger partial charge is 0.407 e. The first-order valence-electron chi connectivity index (χ1n) is 6.13. The van der Waals surface area contributed by atoms with Crippen molar-refractivity contribution in [2.75, 3.05) is 24.4 Å². The van der Waals surface area contributed by atoms with Crippen molar-refractivity contribution in [2.45, 2.75) is 17.6 Å². The monoisotopic (exact) mass is 264 g/mol. The number of para-hydroxylation sites is 1. The molecule has 3 rings (SSSR count). The summed E-state index contributed by atoms with van der Waals surface area (Å²) in [7, 11) is 2.09. The number of likely N-dealkylation sites (tertiary alicyclic amines) is 1. The van der Waals surface area contributed by atoms with Crippen LogP contribution < -0.4 is 4.31 Å². The molecule has 0 atom stereocenters. The molecular formula is C13H16N2O2S. The van der Waals surface area contributed by atoms with E-state index in [1.54, 1.807) is 0 Å². The number of carbonyl (C=O) groups is 1. The van der Waals surface area contributed by atoms with Crippen molar-refractivity contribution in [2.24, 2.45) is 0 Å². The van der Waals surface area contributed by atoms with E-state index in [-0.39, 0.29) is 4.75 Å². The summed E-state index contributed by atoms with van der Waals surface area (Å²) in [5, 5.41) is 9.03. The molecule has 1 amide bonds. The van der Waals surface area contributed by atoms with E-state index in [0.29, 0.717) is 13.1 Å². The van der Waals surface area contributed by atoms with Crippen molar-refractivity contribution in [3.8, 4) is 0 Å². The van der Waals surface area contributed by atoms with Crippen LogP contribution in [0.25, 0.3) is 0 Å². The highest BCUT2D eigenvalue weighted by atomic mass is 32.2. The van der Waals surface area contributed by atoms with Gasteiger partial charge in [0.05, 0.1) is 10.4 Å². The van der Waals surface area contributed by atoms with Crippen LogP contribution in [0.2, 0.25) is 0 Å². The highest BCUT2D eigenvalue weighted by molar-refractivity contribution is 8.02. The maximum atomic E-state index is 11.0. The number of amides is 1. The number of fused-ring (bicyclic) bond motifs is 2. The molecule has 2 aliphatic rings. The lowest BCUT2D eigenvalue weighted by molar-refractivity contribution is 0.129. The molecule has 1 N–H and O–H groups in total. The number of carboxylic acid groups (broad SMARTS) is 1. The third kappa shape index (κ3) is 1.65. The number of hydrogen-bond acceptors (Lipinski definition) is 3. The van der Waals surface area contributed by atoms with E-state index in [4.69, 9.17) is 5.11 Å². The minimum absolute atomic E-state index is 0.0806. The Labute approximate surface area is 111 Å². The number of piperidine rings is 1. The van der Waals surface area contributed by atoms with Crippen molar-refractivity contribution < 1.29 is 9.90 Å². The fourth-order valence-electron chi connectivity index (χ4n) is 2.91. The zero-order valence-corrected chi connectivity index (χ0v) is 11.1. The second kappa shape index (κ2) is 4.09. The van der Waals surface area contributed by atoms with Crippen LogP contribution in [0.15, 0.2) is 24.3 Å². The first-order chi connectivity index (χ1) is 8.62. The van der Waals surface area contributed by atoms with E-state index in [1.807, 2.05) is 11.9 Å². The predicted molar refractivity (Wildman–Crippen MR) is 72.9 cm³/mol. The van der Waals surface area contributed by atoms with Crippen LogP contribution in [0.3, 0.4) is 0 Å². The van der Waals surface area contributed by atoms with Gasteiger partial charge in [0.15, 0.2) is 0 Å². The molecule has 5 heteroatoms. The second-order valence-corrected chi connectivity index (χ2v) is 6.38. The summed E-state index contributed by atoms with van der Waals surface area (Å²) in [5.74, 6) is 0.